The Morgan fingerprint density at radius 2 is 1.31 bits per heavy atom. The summed E-state index contributed by atoms with van der Waals surface area (Å²) >= 11 is 5.01. The summed E-state index contributed by atoms with van der Waals surface area (Å²) < 4.78 is 0. The lowest BCUT2D eigenvalue weighted by atomic mass is 10.0. The van der Waals surface area contributed by atoms with Crippen LogP contribution in [0.1, 0.15) is 0 Å². The maximum absolute atomic E-state index is 9.04. The summed E-state index contributed by atoms with van der Waals surface area (Å²) in [4.78, 5) is 0. The van der Waals surface area contributed by atoms with Crippen LogP contribution in [-0.4, -0.2) is 67.2 Å². The van der Waals surface area contributed by atoms with Crippen LogP contribution in [0.4, 0.5) is 0 Å². The number of aliphatic hydroxyl groups excluding tert-OH is 6. The first-order valence-corrected chi connectivity index (χ1v) is 4.00. The van der Waals surface area contributed by atoms with E-state index in [0.29, 0.717) is 0 Å². The highest BCUT2D eigenvalue weighted by Gasteiger charge is 2.33. The number of alkyl halides is 1. The molecule has 0 saturated carbocycles. The molecule has 13 heavy (non-hydrogen) atoms. The standard InChI is InChI=1S/C6H13ClO6/c7-6(13)5(12)4(11)3(10)2(9)1-8/h2-6,8-13H,1H2. The van der Waals surface area contributed by atoms with Gasteiger partial charge in [-0.3, -0.25) is 0 Å². The fourth-order valence-electron chi connectivity index (χ4n) is 0.700. The maximum atomic E-state index is 9.04. The topological polar surface area (TPSA) is 121 Å². The highest BCUT2D eigenvalue weighted by atomic mass is 35.5. The molecule has 0 aliphatic carbocycles. The van der Waals surface area contributed by atoms with Gasteiger partial charge in [0.1, 0.15) is 24.4 Å². The van der Waals surface area contributed by atoms with Crippen LogP contribution in [0.25, 0.3) is 0 Å². The molecule has 0 aliphatic rings. The van der Waals surface area contributed by atoms with E-state index in [1.807, 2.05) is 0 Å². The molecule has 6 N–H and O–H groups in total. The zero-order chi connectivity index (χ0) is 10.6. The monoisotopic (exact) mass is 216 g/mol. The molecule has 0 saturated heterocycles. The average Bonchev–Trinajstić information content (AvgIpc) is 2.12. The van der Waals surface area contributed by atoms with Gasteiger partial charge in [0.05, 0.1) is 6.61 Å². The Morgan fingerprint density at radius 1 is 0.846 bits per heavy atom. The van der Waals surface area contributed by atoms with Crippen molar-refractivity contribution in [2.45, 2.75) is 30.0 Å². The average molecular weight is 217 g/mol. The van der Waals surface area contributed by atoms with Crippen LogP contribution in [0.5, 0.6) is 0 Å². The van der Waals surface area contributed by atoms with Gasteiger partial charge in [-0.05, 0) is 0 Å². The lowest BCUT2D eigenvalue weighted by Crippen LogP contribution is -2.48. The Balaban J connectivity index is 4.15. The Hall–Kier alpha value is 0.0500. The van der Waals surface area contributed by atoms with E-state index in [0.717, 1.165) is 0 Å². The van der Waals surface area contributed by atoms with Crippen LogP contribution in [-0.2, 0) is 0 Å². The third-order valence-electron chi connectivity index (χ3n) is 1.56. The van der Waals surface area contributed by atoms with Gasteiger partial charge < -0.3 is 30.6 Å². The Bertz CT molecular complexity index is 143. The van der Waals surface area contributed by atoms with Crippen molar-refractivity contribution in [3.63, 3.8) is 0 Å². The molecule has 0 aromatic carbocycles. The van der Waals surface area contributed by atoms with Gasteiger partial charge in [0.2, 0.25) is 0 Å². The predicted octanol–water partition coefficient (Wildman–Crippen LogP) is -3.02. The van der Waals surface area contributed by atoms with Gasteiger partial charge in [0.25, 0.3) is 0 Å². The molecule has 0 fully saturated rings. The van der Waals surface area contributed by atoms with Gasteiger partial charge in [-0.1, -0.05) is 11.6 Å². The molecule has 0 spiro atoms. The second kappa shape index (κ2) is 5.71. The van der Waals surface area contributed by atoms with E-state index in [-0.39, 0.29) is 0 Å². The smallest absolute Gasteiger partial charge is 0.156 e. The summed E-state index contributed by atoms with van der Waals surface area (Å²) in [6.07, 6.45) is -6.99. The summed E-state index contributed by atoms with van der Waals surface area (Å²) in [5, 5.41) is 52.8. The van der Waals surface area contributed by atoms with Crippen molar-refractivity contribution in [3.8, 4) is 0 Å². The third kappa shape index (κ3) is 3.74. The lowest BCUT2D eigenvalue weighted by Gasteiger charge is -2.26. The first-order chi connectivity index (χ1) is 5.91. The van der Waals surface area contributed by atoms with Crippen LogP contribution >= 0.6 is 11.6 Å². The second-order valence-electron chi connectivity index (χ2n) is 2.59. The minimum absolute atomic E-state index is 0.774. The molecule has 0 aromatic rings. The molecule has 0 amide bonds. The van der Waals surface area contributed by atoms with E-state index in [9.17, 15) is 0 Å². The molecule has 0 rings (SSSR count). The molecule has 5 atom stereocenters. The molecule has 7 heteroatoms. The van der Waals surface area contributed by atoms with Crippen LogP contribution in [0.2, 0.25) is 0 Å². The van der Waals surface area contributed by atoms with Crippen molar-refractivity contribution >= 4 is 11.6 Å². The summed E-state index contributed by atoms with van der Waals surface area (Å²) in [6, 6.07) is 0. The van der Waals surface area contributed by atoms with E-state index in [4.69, 9.17) is 42.2 Å². The molecule has 0 heterocycles. The zero-order valence-corrected chi connectivity index (χ0v) is 7.41. The molecular weight excluding hydrogens is 204 g/mol. The quantitative estimate of drug-likeness (QED) is 0.272. The third-order valence-corrected chi connectivity index (χ3v) is 1.82. The van der Waals surface area contributed by atoms with E-state index >= 15 is 0 Å². The molecule has 0 aromatic heterocycles. The van der Waals surface area contributed by atoms with Crippen molar-refractivity contribution in [1.82, 2.24) is 0 Å². The van der Waals surface area contributed by atoms with Gasteiger partial charge in [-0.2, -0.15) is 0 Å². The second-order valence-corrected chi connectivity index (χ2v) is 3.04. The molecule has 80 valence electrons. The van der Waals surface area contributed by atoms with Crippen molar-refractivity contribution in [1.29, 1.82) is 0 Å². The Labute approximate surface area is 79.6 Å². The van der Waals surface area contributed by atoms with E-state index in [1.54, 1.807) is 0 Å². The fourth-order valence-corrected chi connectivity index (χ4v) is 0.849. The van der Waals surface area contributed by atoms with Crippen LogP contribution in [0, 0.1) is 0 Å². The van der Waals surface area contributed by atoms with Gasteiger partial charge in [-0.15, -0.1) is 0 Å². The molecule has 5 unspecified atom stereocenters. The molecular formula is C6H13ClO6. The summed E-state index contributed by atoms with van der Waals surface area (Å²) in [5.41, 5.74) is -1.75. The highest BCUT2D eigenvalue weighted by Crippen LogP contribution is 2.10. The zero-order valence-electron chi connectivity index (χ0n) is 6.66. The fraction of sp³-hybridized carbons (Fsp3) is 1.00. The normalized spacial score (nSPS) is 23.3. The van der Waals surface area contributed by atoms with Crippen molar-refractivity contribution in [2.75, 3.05) is 6.61 Å². The van der Waals surface area contributed by atoms with Gasteiger partial charge in [-0.25, -0.2) is 0 Å². The lowest BCUT2D eigenvalue weighted by molar-refractivity contribution is -0.128. The number of aliphatic hydroxyl groups is 6. The van der Waals surface area contributed by atoms with Crippen molar-refractivity contribution in [2.24, 2.45) is 0 Å². The number of hydrogen-bond donors (Lipinski definition) is 6. The van der Waals surface area contributed by atoms with Crippen LogP contribution < -0.4 is 0 Å². The molecule has 0 aliphatic heterocycles. The Kier molecular flexibility index (Phi) is 5.73. The van der Waals surface area contributed by atoms with E-state index < -0.39 is 36.6 Å². The number of halogens is 1. The molecule has 6 nitrogen and oxygen atoms in total. The van der Waals surface area contributed by atoms with Gasteiger partial charge >= 0.3 is 0 Å². The van der Waals surface area contributed by atoms with E-state index in [1.165, 1.54) is 0 Å². The maximum Gasteiger partial charge on any atom is 0.156 e. The predicted molar refractivity (Wildman–Crippen MR) is 43.0 cm³/mol. The number of rotatable bonds is 5. The Morgan fingerprint density at radius 3 is 1.62 bits per heavy atom. The van der Waals surface area contributed by atoms with Crippen LogP contribution in [0.3, 0.4) is 0 Å². The SMILES string of the molecule is OCC(O)C(O)C(O)C(O)C(O)Cl. The van der Waals surface area contributed by atoms with Gasteiger partial charge in [0, 0.05) is 0 Å². The van der Waals surface area contributed by atoms with Crippen molar-refractivity contribution in [3.05, 3.63) is 0 Å². The summed E-state index contributed by atoms with van der Waals surface area (Å²) in [7, 11) is 0. The largest absolute Gasteiger partial charge is 0.394 e. The highest BCUT2D eigenvalue weighted by molar-refractivity contribution is 6.19. The minimum Gasteiger partial charge on any atom is -0.394 e. The summed E-state index contributed by atoms with van der Waals surface area (Å²) in [5.74, 6) is 0. The van der Waals surface area contributed by atoms with Gasteiger partial charge in [0.15, 0.2) is 5.56 Å². The minimum atomic E-state index is -1.82. The van der Waals surface area contributed by atoms with E-state index in [2.05, 4.69) is 0 Å². The number of hydrogen-bond acceptors (Lipinski definition) is 6. The van der Waals surface area contributed by atoms with Crippen molar-refractivity contribution < 1.29 is 30.6 Å². The molecule has 0 bridgehead atoms. The molecule has 0 radical (unpaired) electrons. The summed E-state index contributed by atoms with van der Waals surface area (Å²) in [6.45, 7) is -0.774. The van der Waals surface area contributed by atoms with Crippen LogP contribution in [0.15, 0.2) is 0 Å². The first-order valence-electron chi connectivity index (χ1n) is 3.57. The first kappa shape index (κ1) is 13.1.